The number of aliphatic hydroxyl groups excluding tert-OH is 1. The molecule has 3 saturated heterocycles. The number of carbonyl (C=O) groups excluding carboxylic acids is 3. The van der Waals surface area contributed by atoms with Crippen LogP contribution in [-0.2, 0) is 20.9 Å². The fourth-order valence-corrected chi connectivity index (χ4v) is 10.9. The van der Waals surface area contributed by atoms with Crippen LogP contribution in [0.3, 0.4) is 0 Å². The molecular formula is C33H37BrClN3O4S. The molecule has 3 amide bonds. The lowest BCUT2D eigenvalue weighted by molar-refractivity contribution is -0.145. The van der Waals surface area contributed by atoms with Crippen molar-refractivity contribution < 1.29 is 19.5 Å². The standard InChI is InChI=1S/C33H37BrClN3O4S/c1-4-16-36(19-21-12-8-7-9-13-21)30(40)26-27-31(41)38(22(6-3)20-39)29(33(27)18-23(34)28(26)43-33)32(42)37(17-5-2)25-15-11-10-14-24(25)35/h4-5,7-15,22-23,26-29,39H,1-2,6,16-20H2,3H3/t22-,23?,26-,27-,28-,29?,33?/m0/s1. The van der Waals surface area contributed by atoms with Crippen molar-refractivity contribution in [1.82, 2.24) is 9.80 Å². The van der Waals surface area contributed by atoms with Gasteiger partial charge in [0.05, 0.1) is 39.9 Å². The molecule has 1 N–H and O–H groups in total. The van der Waals surface area contributed by atoms with Gasteiger partial charge in [-0.1, -0.05) is 89.1 Å². The molecule has 1 spiro atoms. The molecular weight excluding hydrogens is 650 g/mol. The highest BCUT2D eigenvalue weighted by Crippen LogP contribution is 2.68. The molecule has 10 heteroatoms. The lowest BCUT2D eigenvalue weighted by atomic mass is 9.70. The van der Waals surface area contributed by atoms with E-state index in [1.165, 1.54) is 0 Å². The highest BCUT2D eigenvalue weighted by Gasteiger charge is 2.76. The number of anilines is 1. The van der Waals surface area contributed by atoms with Crippen molar-refractivity contribution in [2.45, 2.75) is 53.2 Å². The van der Waals surface area contributed by atoms with Gasteiger partial charge in [0.2, 0.25) is 11.8 Å². The third kappa shape index (κ3) is 5.47. The summed E-state index contributed by atoms with van der Waals surface area (Å²) in [6.07, 6.45) is 4.34. The van der Waals surface area contributed by atoms with E-state index >= 15 is 0 Å². The molecule has 7 atom stereocenters. The molecule has 3 aliphatic rings. The second-order valence-corrected chi connectivity index (χ2v) is 14.5. The van der Waals surface area contributed by atoms with Crippen LogP contribution in [0.2, 0.25) is 5.02 Å². The van der Waals surface area contributed by atoms with Crippen molar-refractivity contribution in [2.24, 2.45) is 11.8 Å². The Labute approximate surface area is 271 Å². The number of benzene rings is 2. The Morgan fingerprint density at radius 1 is 1.14 bits per heavy atom. The number of aliphatic hydroxyl groups is 1. The van der Waals surface area contributed by atoms with Crippen LogP contribution in [0.4, 0.5) is 5.69 Å². The Hall–Kier alpha value is -2.59. The topological polar surface area (TPSA) is 81.2 Å². The SMILES string of the molecule is C=CCN(Cc1ccccc1)C(=O)[C@H]1[C@H]2C(=O)N([C@@H](CC)CO)C(C(=O)N(CC=C)c3ccccc3Cl)C23CC(Br)[C@@H]1S3. The molecule has 0 radical (unpaired) electrons. The second-order valence-electron chi connectivity index (χ2n) is 11.3. The van der Waals surface area contributed by atoms with Crippen LogP contribution in [0.15, 0.2) is 79.9 Å². The second kappa shape index (κ2) is 13.2. The summed E-state index contributed by atoms with van der Waals surface area (Å²) in [5.74, 6) is -2.00. The summed E-state index contributed by atoms with van der Waals surface area (Å²) in [6, 6.07) is 15.4. The molecule has 0 aromatic heterocycles. The van der Waals surface area contributed by atoms with Crippen LogP contribution < -0.4 is 4.90 Å². The lowest BCUT2D eigenvalue weighted by Gasteiger charge is -2.40. The number of halogens is 2. The first-order valence-corrected chi connectivity index (χ1v) is 16.8. The number of para-hydroxylation sites is 1. The highest BCUT2D eigenvalue weighted by atomic mass is 79.9. The molecule has 228 valence electrons. The van der Waals surface area contributed by atoms with Gasteiger partial charge < -0.3 is 19.8 Å². The van der Waals surface area contributed by atoms with Crippen LogP contribution in [0.25, 0.3) is 0 Å². The van der Waals surface area contributed by atoms with Crippen molar-refractivity contribution in [1.29, 1.82) is 0 Å². The molecule has 7 nitrogen and oxygen atoms in total. The van der Waals surface area contributed by atoms with Crippen molar-refractivity contribution >= 4 is 62.7 Å². The zero-order chi connectivity index (χ0) is 30.9. The van der Waals surface area contributed by atoms with E-state index in [0.29, 0.717) is 36.6 Å². The number of hydrogen-bond acceptors (Lipinski definition) is 5. The summed E-state index contributed by atoms with van der Waals surface area (Å²) >= 11 is 12.0. The highest BCUT2D eigenvalue weighted by molar-refractivity contribution is 9.09. The zero-order valence-corrected chi connectivity index (χ0v) is 27.3. The van der Waals surface area contributed by atoms with Gasteiger partial charge in [0.15, 0.2) is 0 Å². The maximum Gasteiger partial charge on any atom is 0.251 e. The minimum Gasteiger partial charge on any atom is -0.394 e. The van der Waals surface area contributed by atoms with Crippen LogP contribution >= 0.6 is 39.3 Å². The van der Waals surface area contributed by atoms with Gasteiger partial charge in [0.25, 0.3) is 5.91 Å². The molecule has 2 aromatic carbocycles. The molecule has 2 bridgehead atoms. The number of fused-ring (bicyclic) bond motifs is 1. The number of hydrogen-bond donors (Lipinski definition) is 1. The molecule has 3 aliphatic heterocycles. The lowest BCUT2D eigenvalue weighted by Crippen LogP contribution is -2.58. The Morgan fingerprint density at radius 2 is 1.81 bits per heavy atom. The molecule has 3 fully saturated rings. The smallest absolute Gasteiger partial charge is 0.251 e. The van der Waals surface area contributed by atoms with E-state index in [0.717, 1.165) is 5.56 Å². The number of thioether (sulfide) groups is 1. The number of rotatable bonds is 12. The molecule has 0 saturated carbocycles. The van der Waals surface area contributed by atoms with E-state index in [9.17, 15) is 19.5 Å². The van der Waals surface area contributed by atoms with E-state index in [1.807, 2.05) is 43.3 Å². The largest absolute Gasteiger partial charge is 0.394 e. The van der Waals surface area contributed by atoms with Gasteiger partial charge in [0, 0.05) is 29.7 Å². The summed E-state index contributed by atoms with van der Waals surface area (Å²) in [7, 11) is 0. The summed E-state index contributed by atoms with van der Waals surface area (Å²) in [6.45, 7) is 10.3. The monoisotopic (exact) mass is 685 g/mol. The Bertz CT molecular complexity index is 1390. The third-order valence-electron chi connectivity index (χ3n) is 8.92. The molecule has 3 heterocycles. The molecule has 0 aliphatic carbocycles. The van der Waals surface area contributed by atoms with Gasteiger partial charge in [-0.15, -0.1) is 24.9 Å². The zero-order valence-electron chi connectivity index (χ0n) is 24.1. The van der Waals surface area contributed by atoms with E-state index < -0.39 is 28.7 Å². The minimum absolute atomic E-state index is 0.0737. The number of carbonyl (C=O) groups is 3. The van der Waals surface area contributed by atoms with Gasteiger partial charge in [-0.25, -0.2) is 0 Å². The van der Waals surface area contributed by atoms with Crippen molar-refractivity contribution in [3.63, 3.8) is 0 Å². The Kier molecular flexibility index (Phi) is 9.76. The van der Waals surface area contributed by atoms with Gasteiger partial charge in [0.1, 0.15) is 6.04 Å². The van der Waals surface area contributed by atoms with Crippen molar-refractivity contribution in [3.05, 3.63) is 90.5 Å². The van der Waals surface area contributed by atoms with Gasteiger partial charge >= 0.3 is 0 Å². The average Bonchev–Trinajstić information content (AvgIpc) is 3.60. The number of amides is 3. The quantitative estimate of drug-likeness (QED) is 0.242. The maximum absolute atomic E-state index is 14.8. The molecule has 5 rings (SSSR count). The summed E-state index contributed by atoms with van der Waals surface area (Å²) < 4.78 is -0.858. The van der Waals surface area contributed by atoms with Crippen LogP contribution in [0.1, 0.15) is 25.3 Å². The van der Waals surface area contributed by atoms with Gasteiger partial charge in [-0.3, -0.25) is 14.4 Å². The first-order valence-electron chi connectivity index (χ1n) is 14.6. The van der Waals surface area contributed by atoms with Crippen LogP contribution in [-0.4, -0.2) is 79.2 Å². The predicted molar refractivity (Wildman–Crippen MR) is 176 cm³/mol. The Balaban J connectivity index is 1.59. The summed E-state index contributed by atoms with van der Waals surface area (Å²) in [4.78, 5) is 48.6. The van der Waals surface area contributed by atoms with Gasteiger partial charge in [-0.2, -0.15) is 0 Å². The predicted octanol–water partition coefficient (Wildman–Crippen LogP) is 5.31. The normalized spacial score (nSPS) is 28.0. The first kappa shape index (κ1) is 31.8. The Morgan fingerprint density at radius 3 is 2.44 bits per heavy atom. The summed E-state index contributed by atoms with van der Waals surface area (Å²) in [5.41, 5.74) is 1.51. The van der Waals surface area contributed by atoms with E-state index in [2.05, 4.69) is 29.1 Å². The summed E-state index contributed by atoms with van der Waals surface area (Å²) in [5, 5.41) is 10.6. The van der Waals surface area contributed by atoms with E-state index in [-0.39, 0.29) is 41.0 Å². The van der Waals surface area contributed by atoms with Crippen LogP contribution in [0.5, 0.6) is 0 Å². The number of alkyl halides is 1. The van der Waals surface area contributed by atoms with E-state index in [1.54, 1.807) is 56.8 Å². The van der Waals surface area contributed by atoms with Crippen LogP contribution in [0, 0.1) is 11.8 Å². The average molecular weight is 687 g/mol. The fourth-order valence-electron chi connectivity index (χ4n) is 7.09. The van der Waals surface area contributed by atoms with Crippen molar-refractivity contribution in [3.8, 4) is 0 Å². The number of nitrogens with zero attached hydrogens (tertiary/aromatic N) is 3. The fraction of sp³-hybridized carbons (Fsp3) is 0.424. The maximum atomic E-state index is 14.8. The van der Waals surface area contributed by atoms with E-state index in [4.69, 9.17) is 11.6 Å². The third-order valence-corrected chi connectivity index (χ3v) is 12.5. The first-order chi connectivity index (χ1) is 20.7. The van der Waals surface area contributed by atoms with Crippen molar-refractivity contribution in [2.75, 3.05) is 24.6 Å². The number of likely N-dealkylation sites (tertiary alicyclic amines) is 1. The minimum atomic E-state index is -0.895. The molecule has 43 heavy (non-hydrogen) atoms. The molecule has 3 unspecified atom stereocenters. The van der Waals surface area contributed by atoms with Gasteiger partial charge in [-0.05, 0) is 30.5 Å². The molecule has 2 aromatic rings.